The quantitative estimate of drug-likeness (QED) is 0.653. The fourth-order valence-electron chi connectivity index (χ4n) is 3.76. The maximum atomic E-state index is 12.9. The van der Waals surface area contributed by atoms with Gasteiger partial charge in [-0.25, -0.2) is 4.79 Å². The van der Waals surface area contributed by atoms with Gasteiger partial charge in [0.15, 0.2) is 5.82 Å². The molecule has 9 heteroatoms. The van der Waals surface area contributed by atoms with Crippen molar-refractivity contribution in [2.75, 3.05) is 13.2 Å². The number of fused-ring (bicyclic) bond motifs is 3. The Kier molecular flexibility index (Phi) is 4.70. The number of carbonyl (C=O) groups excluding carboxylic acids is 1. The van der Waals surface area contributed by atoms with Crippen LogP contribution < -0.4 is 5.56 Å². The van der Waals surface area contributed by atoms with Gasteiger partial charge in [-0.05, 0) is 55.1 Å². The van der Waals surface area contributed by atoms with E-state index in [4.69, 9.17) is 9.47 Å². The lowest BCUT2D eigenvalue weighted by Gasteiger charge is -2.23. The molecule has 0 fully saturated rings. The normalized spacial score (nSPS) is 22.2. The standard InChI is InChI=1S/C19H23BrN4O4/c1-10-9-12(17(26)28-19(2,3)4)23-14(10)13(20)16(25)24-18(23)21-15(22-24)11-5-7-27-8-6-11/h5,10,12H,6-9H2,1-4H3/t10-,12+/m0/s1. The molecule has 0 unspecified atom stereocenters. The van der Waals surface area contributed by atoms with E-state index in [0.717, 1.165) is 11.3 Å². The minimum absolute atomic E-state index is 0.00652. The number of halogens is 1. The van der Waals surface area contributed by atoms with Crippen LogP contribution in [0.15, 0.2) is 15.3 Å². The van der Waals surface area contributed by atoms with Gasteiger partial charge in [0, 0.05) is 11.6 Å². The first-order valence-corrected chi connectivity index (χ1v) is 10.2. The monoisotopic (exact) mass is 450 g/mol. The molecule has 4 rings (SSSR count). The van der Waals surface area contributed by atoms with Crippen molar-refractivity contribution in [3.05, 3.63) is 32.4 Å². The summed E-state index contributed by atoms with van der Waals surface area (Å²) in [6, 6.07) is -0.552. The molecule has 0 N–H and O–H groups in total. The molecule has 2 aromatic heterocycles. The van der Waals surface area contributed by atoms with Gasteiger partial charge in [-0.1, -0.05) is 13.0 Å². The summed E-state index contributed by atoms with van der Waals surface area (Å²) in [5.74, 6) is 0.541. The maximum Gasteiger partial charge on any atom is 0.329 e. The second kappa shape index (κ2) is 6.81. The lowest BCUT2D eigenvalue weighted by Crippen LogP contribution is -2.31. The van der Waals surface area contributed by atoms with Crippen molar-refractivity contribution in [2.24, 2.45) is 0 Å². The van der Waals surface area contributed by atoms with Crippen LogP contribution in [0.2, 0.25) is 0 Å². The van der Waals surface area contributed by atoms with E-state index in [-0.39, 0.29) is 17.4 Å². The molecule has 0 saturated carbocycles. The number of nitrogens with zero attached hydrogens (tertiary/aromatic N) is 4. The Labute approximate surface area is 170 Å². The van der Waals surface area contributed by atoms with Gasteiger partial charge in [0.2, 0.25) is 5.78 Å². The van der Waals surface area contributed by atoms with Crippen LogP contribution >= 0.6 is 15.9 Å². The summed E-state index contributed by atoms with van der Waals surface area (Å²) in [6.07, 6.45) is 3.16. The van der Waals surface area contributed by atoms with E-state index in [9.17, 15) is 9.59 Å². The molecule has 2 aromatic rings. The third-order valence-electron chi connectivity index (χ3n) is 4.95. The molecule has 0 amide bonds. The molecule has 2 aliphatic rings. The van der Waals surface area contributed by atoms with Gasteiger partial charge in [-0.2, -0.15) is 9.50 Å². The highest BCUT2D eigenvalue weighted by Gasteiger charge is 2.39. The molecule has 0 radical (unpaired) electrons. The average Bonchev–Trinajstić information content (AvgIpc) is 3.21. The lowest BCUT2D eigenvalue weighted by atomic mass is 10.0. The van der Waals surface area contributed by atoms with E-state index in [1.807, 2.05) is 33.8 Å². The summed E-state index contributed by atoms with van der Waals surface area (Å²) >= 11 is 3.43. The molecule has 4 heterocycles. The smallest absolute Gasteiger partial charge is 0.329 e. The summed E-state index contributed by atoms with van der Waals surface area (Å²) in [6.45, 7) is 8.62. The van der Waals surface area contributed by atoms with Crippen LogP contribution in [0.1, 0.15) is 64.0 Å². The molecule has 8 nitrogen and oxygen atoms in total. The lowest BCUT2D eigenvalue weighted by molar-refractivity contribution is -0.158. The van der Waals surface area contributed by atoms with Crippen LogP contribution in [-0.4, -0.2) is 43.9 Å². The fourth-order valence-corrected chi connectivity index (χ4v) is 4.51. The number of carbonyl (C=O) groups is 1. The van der Waals surface area contributed by atoms with Crippen LogP contribution in [0.4, 0.5) is 0 Å². The van der Waals surface area contributed by atoms with Crippen LogP contribution in [0.25, 0.3) is 11.4 Å². The molecule has 0 saturated heterocycles. The average molecular weight is 451 g/mol. The largest absolute Gasteiger partial charge is 0.458 e. The van der Waals surface area contributed by atoms with Crippen molar-refractivity contribution in [1.82, 2.24) is 19.2 Å². The van der Waals surface area contributed by atoms with Gasteiger partial charge in [0.1, 0.15) is 16.1 Å². The highest BCUT2D eigenvalue weighted by atomic mass is 79.9. The molecule has 0 aromatic carbocycles. The second-order valence-corrected chi connectivity index (χ2v) is 9.05. The van der Waals surface area contributed by atoms with E-state index in [0.29, 0.717) is 42.1 Å². The van der Waals surface area contributed by atoms with Crippen LogP contribution in [-0.2, 0) is 14.3 Å². The molecule has 28 heavy (non-hydrogen) atoms. The molecule has 150 valence electrons. The first-order valence-electron chi connectivity index (χ1n) is 9.38. The van der Waals surface area contributed by atoms with Crippen molar-refractivity contribution >= 4 is 33.3 Å². The zero-order valence-electron chi connectivity index (χ0n) is 16.4. The SMILES string of the molecule is C[C@H]1C[C@H](C(=O)OC(C)(C)C)n2c1c(Br)c(=O)n1nc(C3=CCOCC3)nc21. The highest BCUT2D eigenvalue weighted by molar-refractivity contribution is 9.10. The Hall–Kier alpha value is -2.00. The predicted molar refractivity (Wildman–Crippen MR) is 106 cm³/mol. The number of esters is 1. The third kappa shape index (κ3) is 3.20. The van der Waals surface area contributed by atoms with Crippen molar-refractivity contribution in [3.63, 3.8) is 0 Å². The van der Waals surface area contributed by atoms with Crippen LogP contribution in [0, 0.1) is 0 Å². The van der Waals surface area contributed by atoms with Crippen molar-refractivity contribution in [1.29, 1.82) is 0 Å². The molecule has 2 atom stereocenters. The molecule has 0 aliphatic carbocycles. The van der Waals surface area contributed by atoms with E-state index in [2.05, 4.69) is 26.0 Å². The topological polar surface area (TPSA) is 87.7 Å². The van der Waals surface area contributed by atoms with Gasteiger partial charge in [0.05, 0.1) is 13.2 Å². The van der Waals surface area contributed by atoms with Crippen molar-refractivity contribution < 1.29 is 14.3 Å². The Balaban J connectivity index is 1.90. The maximum absolute atomic E-state index is 12.9. The third-order valence-corrected chi connectivity index (χ3v) is 5.70. The van der Waals surface area contributed by atoms with Gasteiger partial charge < -0.3 is 9.47 Å². The number of aromatic nitrogens is 4. The summed E-state index contributed by atoms with van der Waals surface area (Å²) in [5, 5.41) is 4.43. The van der Waals surface area contributed by atoms with Crippen LogP contribution in [0.3, 0.4) is 0 Å². The summed E-state index contributed by atoms with van der Waals surface area (Å²) in [5.41, 5.74) is 0.832. The fraction of sp³-hybridized carbons (Fsp3) is 0.579. The molecule has 0 spiro atoms. The molecular weight excluding hydrogens is 428 g/mol. The van der Waals surface area contributed by atoms with Gasteiger partial charge in [0.25, 0.3) is 5.56 Å². The predicted octanol–water partition coefficient (Wildman–Crippen LogP) is 2.85. The van der Waals surface area contributed by atoms with Crippen molar-refractivity contribution in [2.45, 2.75) is 58.1 Å². The van der Waals surface area contributed by atoms with Gasteiger partial charge >= 0.3 is 5.97 Å². The van der Waals surface area contributed by atoms with Gasteiger partial charge in [-0.3, -0.25) is 9.36 Å². The van der Waals surface area contributed by atoms with Crippen molar-refractivity contribution in [3.8, 4) is 0 Å². The minimum atomic E-state index is -0.596. The first kappa shape index (κ1) is 19.3. The number of rotatable bonds is 2. The Morgan fingerprint density at radius 2 is 2.14 bits per heavy atom. The van der Waals surface area contributed by atoms with Gasteiger partial charge in [-0.15, -0.1) is 5.10 Å². The molecule has 0 bridgehead atoms. The van der Waals surface area contributed by atoms with E-state index >= 15 is 0 Å². The summed E-state index contributed by atoms with van der Waals surface area (Å²) in [7, 11) is 0. The summed E-state index contributed by atoms with van der Waals surface area (Å²) < 4.78 is 14.5. The number of hydrogen-bond acceptors (Lipinski definition) is 6. The zero-order chi connectivity index (χ0) is 20.2. The van der Waals surface area contributed by atoms with E-state index in [1.54, 1.807) is 4.57 Å². The highest BCUT2D eigenvalue weighted by Crippen LogP contribution is 2.40. The molecular formula is C19H23BrN4O4. The summed E-state index contributed by atoms with van der Waals surface area (Å²) in [4.78, 5) is 30.4. The Morgan fingerprint density at radius 3 is 2.79 bits per heavy atom. The van der Waals surface area contributed by atoms with Crippen LogP contribution in [0.5, 0.6) is 0 Å². The van der Waals surface area contributed by atoms with E-state index in [1.165, 1.54) is 4.52 Å². The Bertz CT molecular complexity index is 1050. The van der Waals surface area contributed by atoms with E-state index < -0.39 is 11.6 Å². The first-order chi connectivity index (χ1) is 13.2. The Morgan fingerprint density at radius 1 is 1.39 bits per heavy atom. The number of ether oxygens (including phenoxy) is 2. The number of hydrogen-bond donors (Lipinski definition) is 0. The second-order valence-electron chi connectivity index (χ2n) is 8.26. The molecule has 2 aliphatic heterocycles. The minimum Gasteiger partial charge on any atom is -0.458 e. The zero-order valence-corrected chi connectivity index (χ0v) is 17.9.